The Morgan fingerprint density at radius 2 is 2.16 bits per heavy atom. The Kier molecular flexibility index (Phi) is 6.48. The van der Waals surface area contributed by atoms with Gasteiger partial charge in [-0.2, -0.15) is 0 Å². The van der Waals surface area contributed by atoms with Crippen LogP contribution >= 0.6 is 11.3 Å². The molecule has 2 N–H and O–H groups in total. The van der Waals surface area contributed by atoms with Gasteiger partial charge in [-0.25, -0.2) is 4.79 Å². The summed E-state index contributed by atoms with van der Waals surface area (Å²) in [5.74, 6) is -1.47. The van der Waals surface area contributed by atoms with Crippen LogP contribution in [0.4, 0.5) is 0 Å². The molecule has 1 aromatic rings. The van der Waals surface area contributed by atoms with Crippen LogP contribution < -0.4 is 5.32 Å². The van der Waals surface area contributed by atoms with E-state index in [1.54, 1.807) is 11.4 Å². The van der Waals surface area contributed by atoms with Crippen molar-refractivity contribution < 1.29 is 24.2 Å². The van der Waals surface area contributed by atoms with E-state index in [0.717, 1.165) is 5.56 Å². The minimum absolute atomic E-state index is 0.225. The first kappa shape index (κ1) is 15.6. The Morgan fingerprint density at radius 3 is 2.74 bits per heavy atom. The minimum atomic E-state index is -1.07. The van der Waals surface area contributed by atoms with Crippen molar-refractivity contribution in [1.29, 1.82) is 0 Å². The predicted octanol–water partition coefficient (Wildman–Crippen LogP) is 1.11. The van der Waals surface area contributed by atoms with Crippen molar-refractivity contribution in [2.24, 2.45) is 0 Å². The summed E-state index contributed by atoms with van der Waals surface area (Å²) >= 11 is 1.26. The molecule has 1 rings (SSSR count). The summed E-state index contributed by atoms with van der Waals surface area (Å²) in [6.45, 7) is 0.592. The highest BCUT2D eigenvalue weighted by atomic mass is 32.1. The number of thiophene rings is 1. The molecule has 0 aliphatic rings. The fourth-order valence-electron chi connectivity index (χ4n) is 1.52. The van der Waals surface area contributed by atoms with Crippen molar-refractivity contribution in [3.05, 3.63) is 21.9 Å². The highest BCUT2D eigenvalue weighted by Gasteiger charge is 2.22. The number of hydrogen-bond acceptors (Lipinski definition) is 5. The van der Waals surface area contributed by atoms with Gasteiger partial charge in [-0.1, -0.05) is 0 Å². The van der Waals surface area contributed by atoms with E-state index in [2.05, 4.69) is 5.32 Å². The molecule has 1 heterocycles. The number of carboxylic acid groups (broad SMARTS) is 1. The van der Waals surface area contributed by atoms with E-state index in [1.807, 2.05) is 0 Å². The van der Waals surface area contributed by atoms with Gasteiger partial charge in [0.1, 0.15) is 6.04 Å². The summed E-state index contributed by atoms with van der Waals surface area (Å²) in [5.41, 5.74) is 0.751. The second-order valence-electron chi connectivity index (χ2n) is 3.85. The van der Waals surface area contributed by atoms with Crippen LogP contribution in [0, 0.1) is 0 Å². The van der Waals surface area contributed by atoms with Crippen molar-refractivity contribution in [2.45, 2.75) is 19.1 Å². The van der Waals surface area contributed by atoms with Crippen molar-refractivity contribution >= 4 is 23.2 Å². The first-order chi connectivity index (χ1) is 9.10. The average Bonchev–Trinajstić information content (AvgIpc) is 2.82. The second kappa shape index (κ2) is 7.88. The molecule has 0 saturated carbocycles. The van der Waals surface area contributed by atoms with Gasteiger partial charge in [0.05, 0.1) is 11.5 Å². The number of amides is 1. The lowest BCUT2D eigenvalue weighted by Crippen LogP contribution is -2.41. The third kappa shape index (κ3) is 4.62. The maximum absolute atomic E-state index is 12.0. The van der Waals surface area contributed by atoms with Crippen LogP contribution in [0.5, 0.6) is 0 Å². The van der Waals surface area contributed by atoms with Crippen molar-refractivity contribution in [1.82, 2.24) is 5.32 Å². The number of carboxylic acids is 1. The molecule has 0 radical (unpaired) electrons. The molecule has 1 unspecified atom stereocenters. The Morgan fingerprint density at radius 1 is 1.42 bits per heavy atom. The first-order valence-electron chi connectivity index (χ1n) is 5.68. The van der Waals surface area contributed by atoms with Gasteiger partial charge < -0.3 is 19.9 Å². The molecule has 0 saturated heterocycles. The van der Waals surface area contributed by atoms with Crippen LogP contribution in [0.3, 0.4) is 0 Å². The summed E-state index contributed by atoms with van der Waals surface area (Å²) in [6.07, 6.45) is 0.225. The van der Waals surface area contributed by atoms with Crippen molar-refractivity contribution in [3.63, 3.8) is 0 Å². The number of hydrogen-bond donors (Lipinski definition) is 2. The van der Waals surface area contributed by atoms with Crippen LogP contribution in [0.25, 0.3) is 0 Å². The van der Waals surface area contributed by atoms with E-state index in [1.165, 1.54) is 25.6 Å². The monoisotopic (exact) mass is 287 g/mol. The molecule has 1 aromatic heterocycles. The van der Waals surface area contributed by atoms with Gasteiger partial charge in [-0.15, -0.1) is 11.3 Å². The van der Waals surface area contributed by atoms with E-state index in [-0.39, 0.29) is 13.0 Å². The molecule has 1 amide bonds. The second-order valence-corrected chi connectivity index (χ2v) is 4.77. The van der Waals surface area contributed by atoms with E-state index in [9.17, 15) is 9.59 Å². The van der Waals surface area contributed by atoms with E-state index in [0.29, 0.717) is 11.5 Å². The number of carbonyl (C=O) groups is 2. The molecular formula is C12H17NO5S. The summed E-state index contributed by atoms with van der Waals surface area (Å²) in [5, 5.41) is 13.3. The lowest BCUT2D eigenvalue weighted by atomic mass is 10.2. The summed E-state index contributed by atoms with van der Waals surface area (Å²) in [6, 6.07) is 0.832. The molecule has 0 aliphatic heterocycles. The van der Waals surface area contributed by atoms with Gasteiger partial charge in [0, 0.05) is 32.8 Å². The summed E-state index contributed by atoms with van der Waals surface area (Å²) in [7, 11) is 3.02. The fraction of sp³-hybridized carbons (Fsp3) is 0.500. The van der Waals surface area contributed by atoms with Crippen molar-refractivity contribution in [2.75, 3.05) is 20.8 Å². The number of ether oxygens (including phenoxy) is 2. The van der Waals surface area contributed by atoms with Crippen LogP contribution in [0.2, 0.25) is 0 Å². The Balaban J connectivity index is 2.70. The third-order valence-electron chi connectivity index (χ3n) is 2.47. The van der Waals surface area contributed by atoms with Gasteiger partial charge in [-0.05, 0) is 11.4 Å². The largest absolute Gasteiger partial charge is 0.480 e. The highest BCUT2D eigenvalue weighted by Crippen LogP contribution is 2.17. The summed E-state index contributed by atoms with van der Waals surface area (Å²) in [4.78, 5) is 23.5. The van der Waals surface area contributed by atoms with Gasteiger partial charge in [0.15, 0.2) is 0 Å². The number of carbonyl (C=O) groups excluding carboxylic acids is 1. The number of methoxy groups -OCH3 is 2. The number of rotatable bonds is 8. The van der Waals surface area contributed by atoms with Gasteiger partial charge in [-0.3, -0.25) is 4.79 Å². The van der Waals surface area contributed by atoms with Crippen LogP contribution in [0.15, 0.2) is 11.4 Å². The molecule has 1 atom stereocenters. The fourth-order valence-corrected chi connectivity index (χ4v) is 2.33. The number of nitrogens with one attached hydrogen (secondary N) is 1. The maximum Gasteiger partial charge on any atom is 0.326 e. The zero-order valence-electron chi connectivity index (χ0n) is 10.8. The summed E-state index contributed by atoms with van der Waals surface area (Å²) < 4.78 is 9.81. The topological polar surface area (TPSA) is 84.9 Å². The zero-order chi connectivity index (χ0) is 14.3. The molecule has 0 fully saturated rings. The zero-order valence-corrected chi connectivity index (χ0v) is 11.7. The van der Waals surface area contributed by atoms with Gasteiger partial charge in [0.25, 0.3) is 5.91 Å². The predicted molar refractivity (Wildman–Crippen MR) is 70.4 cm³/mol. The first-order valence-corrected chi connectivity index (χ1v) is 6.56. The van der Waals surface area contributed by atoms with Crippen LogP contribution in [0.1, 0.15) is 21.7 Å². The highest BCUT2D eigenvalue weighted by molar-refractivity contribution is 7.12. The molecule has 106 valence electrons. The molecule has 19 heavy (non-hydrogen) atoms. The van der Waals surface area contributed by atoms with E-state index < -0.39 is 17.9 Å². The lowest BCUT2D eigenvalue weighted by molar-refractivity contribution is -0.139. The Labute approximate surface area is 115 Å². The quantitative estimate of drug-likeness (QED) is 0.748. The molecule has 0 aromatic carbocycles. The van der Waals surface area contributed by atoms with Gasteiger partial charge >= 0.3 is 5.97 Å². The standard InChI is InChI=1S/C12H17NO5S/c1-17-5-3-9(12(15)16)13-11(14)10-8(7-18-2)4-6-19-10/h4,6,9H,3,5,7H2,1-2H3,(H,13,14)(H,15,16). The van der Waals surface area contributed by atoms with Crippen LogP contribution in [-0.2, 0) is 20.9 Å². The lowest BCUT2D eigenvalue weighted by Gasteiger charge is -2.14. The molecular weight excluding hydrogens is 270 g/mol. The average molecular weight is 287 g/mol. The smallest absolute Gasteiger partial charge is 0.326 e. The Bertz CT molecular complexity index is 432. The number of aliphatic carboxylic acids is 1. The van der Waals surface area contributed by atoms with Gasteiger partial charge in [0.2, 0.25) is 0 Å². The van der Waals surface area contributed by atoms with Crippen molar-refractivity contribution in [3.8, 4) is 0 Å². The Hall–Kier alpha value is -1.44. The molecule has 0 spiro atoms. The van der Waals surface area contributed by atoms with E-state index >= 15 is 0 Å². The van der Waals surface area contributed by atoms with E-state index in [4.69, 9.17) is 14.6 Å². The third-order valence-corrected chi connectivity index (χ3v) is 3.42. The normalized spacial score (nSPS) is 12.1. The SMILES string of the molecule is COCCC(NC(=O)c1sccc1COC)C(=O)O. The molecule has 0 aliphatic carbocycles. The molecule has 0 bridgehead atoms. The maximum atomic E-state index is 12.0. The molecule has 6 nitrogen and oxygen atoms in total. The molecule has 7 heteroatoms. The minimum Gasteiger partial charge on any atom is -0.480 e. The van der Waals surface area contributed by atoms with Crippen LogP contribution in [-0.4, -0.2) is 43.9 Å².